The molecule has 31 heavy (non-hydrogen) atoms. The summed E-state index contributed by atoms with van der Waals surface area (Å²) in [6.45, 7) is 6.27. The van der Waals surface area contributed by atoms with Crippen molar-refractivity contribution >= 4 is 11.7 Å². The zero-order valence-corrected chi connectivity index (χ0v) is 18.7. The average Bonchev–Trinajstić information content (AvgIpc) is 2.99. The van der Waals surface area contributed by atoms with Crippen molar-refractivity contribution in [2.24, 2.45) is 5.92 Å². The Morgan fingerprint density at radius 3 is 2.48 bits per heavy atom. The van der Waals surface area contributed by atoms with E-state index in [1.807, 2.05) is 11.0 Å². The predicted molar refractivity (Wildman–Crippen MR) is 124 cm³/mol. The Bertz CT molecular complexity index is 901. The van der Waals surface area contributed by atoms with Crippen LogP contribution in [0.4, 0.5) is 0 Å². The number of amides is 1. The van der Waals surface area contributed by atoms with E-state index in [4.69, 9.17) is 0 Å². The van der Waals surface area contributed by atoms with Gasteiger partial charge in [0.1, 0.15) is 0 Å². The Kier molecular flexibility index (Phi) is 7.18. The number of fused-ring (bicyclic) bond motifs is 1. The van der Waals surface area contributed by atoms with Gasteiger partial charge in [0.15, 0.2) is 5.78 Å². The second-order valence-corrected chi connectivity index (χ2v) is 9.19. The molecule has 0 bridgehead atoms. The molecule has 4 nitrogen and oxygen atoms in total. The minimum atomic E-state index is 0.167. The molecule has 1 saturated heterocycles. The summed E-state index contributed by atoms with van der Waals surface area (Å²) in [5, 5.41) is 0. The van der Waals surface area contributed by atoms with Gasteiger partial charge < -0.3 is 4.90 Å². The van der Waals surface area contributed by atoms with Crippen LogP contribution in [0.5, 0.6) is 0 Å². The van der Waals surface area contributed by atoms with Crippen molar-refractivity contribution in [3.63, 3.8) is 0 Å². The molecule has 0 spiro atoms. The van der Waals surface area contributed by atoms with Crippen LogP contribution >= 0.6 is 0 Å². The van der Waals surface area contributed by atoms with Crippen molar-refractivity contribution in [3.8, 4) is 0 Å². The van der Waals surface area contributed by atoms with Crippen LogP contribution in [-0.4, -0.2) is 41.1 Å². The number of hydrogen-bond donors (Lipinski definition) is 0. The maximum Gasteiger partial charge on any atom is 0.219 e. The summed E-state index contributed by atoms with van der Waals surface area (Å²) in [4.78, 5) is 28.8. The Hall–Kier alpha value is -2.46. The van der Waals surface area contributed by atoms with E-state index in [2.05, 4.69) is 47.4 Å². The molecule has 2 aliphatic rings. The highest BCUT2D eigenvalue weighted by Crippen LogP contribution is 2.25. The molecule has 0 N–H and O–H groups in total. The van der Waals surface area contributed by atoms with Gasteiger partial charge in [-0.15, -0.1) is 0 Å². The molecule has 164 valence electrons. The van der Waals surface area contributed by atoms with E-state index in [1.165, 1.54) is 16.7 Å². The number of carbonyl (C=O) groups excluding carboxylic acids is 2. The monoisotopic (exact) mass is 418 g/mol. The molecule has 0 aromatic heterocycles. The third-order valence-electron chi connectivity index (χ3n) is 6.93. The van der Waals surface area contributed by atoms with Gasteiger partial charge in [0.25, 0.3) is 0 Å². The first-order valence-corrected chi connectivity index (χ1v) is 11.8. The molecule has 2 heterocycles. The maximum absolute atomic E-state index is 12.9. The molecule has 0 radical (unpaired) electrons. The van der Waals surface area contributed by atoms with Crippen LogP contribution in [0.3, 0.4) is 0 Å². The van der Waals surface area contributed by atoms with Gasteiger partial charge in [0.05, 0.1) is 0 Å². The number of benzene rings is 2. The van der Waals surface area contributed by atoms with E-state index in [1.54, 1.807) is 6.92 Å². The Morgan fingerprint density at radius 1 is 0.968 bits per heavy atom. The quantitative estimate of drug-likeness (QED) is 0.629. The minimum Gasteiger partial charge on any atom is -0.343 e. The minimum absolute atomic E-state index is 0.167. The molecule has 0 aliphatic carbocycles. The number of likely N-dealkylation sites (tertiary alicyclic amines) is 1. The standard InChI is InChI=1S/C27H34N2O2/c1-21(30)29-16-13-22(14-17-29)9-12-27(31)25-11-10-24-8-5-15-28(20-26(24)18-25)19-23-6-3-2-4-7-23/h2-4,6-7,10-11,18,22H,5,8-9,12-17,19-20H2,1H3. The lowest BCUT2D eigenvalue weighted by Crippen LogP contribution is -2.37. The molecule has 4 heteroatoms. The zero-order chi connectivity index (χ0) is 21.6. The summed E-state index contributed by atoms with van der Waals surface area (Å²) in [6, 6.07) is 17.0. The van der Waals surface area contributed by atoms with Crippen molar-refractivity contribution in [2.75, 3.05) is 19.6 Å². The van der Waals surface area contributed by atoms with Gasteiger partial charge in [-0.25, -0.2) is 0 Å². The Labute approximate surface area is 186 Å². The zero-order valence-electron chi connectivity index (χ0n) is 18.7. The fourth-order valence-electron chi connectivity index (χ4n) is 5.00. The Morgan fingerprint density at radius 2 is 1.74 bits per heavy atom. The highest BCUT2D eigenvalue weighted by molar-refractivity contribution is 5.96. The smallest absolute Gasteiger partial charge is 0.219 e. The van der Waals surface area contributed by atoms with Gasteiger partial charge in [0.2, 0.25) is 5.91 Å². The van der Waals surface area contributed by atoms with Crippen molar-refractivity contribution < 1.29 is 9.59 Å². The number of ketones is 1. The largest absolute Gasteiger partial charge is 0.343 e. The van der Waals surface area contributed by atoms with E-state index >= 15 is 0 Å². The second-order valence-electron chi connectivity index (χ2n) is 9.19. The lowest BCUT2D eigenvalue weighted by Gasteiger charge is -2.31. The van der Waals surface area contributed by atoms with Crippen LogP contribution < -0.4 is 0 Å². The van der Waals surface area contributed by atoms with Gasteiger partial charge in [-0.2, -0.15) is 0 Å². The van der Waals surface area contributed by atoms with E-state index in [-0.39, 0.29) is 11.7 Å². The SMILES string of the molecule is CC(=O)N1CCC(CCC(=O)c2ccc3c(c2)CN(Cc2ccccc2)CCC3)CC1. The van der Waals surface area contributed by atoms with Gasteiger partial charge >= 0.3 is 0 Å². The molecule has 1 fully saturated rings. The molecule has 2 aliphatic heterocycles. The molecule has 1 amide bonds. The first-order chi connectivity index (χ1) is 15.1. The van der Waals surface area contributed by atoms with Gasteiger partial charge in [-0.05, 0) is 67.3 Å². The first kappa shape index (κ1) is 21.8. The number of nitrogens with zero attached hydrogens (tertiary/aromatic N) is 2. The molecule has 2 aromatic rings. The number of aryl methyl sites for hydroxylation is 1. The fourth-order valence-corrected chi connectivity index (χ4v) is 5.00. The summed E-state index contributed by atoms with van der Waals surface area (Å²) >= 11 is 0. The lowest BCUT2D eigenvalue weighted by molar-refractivity contribution is -0.130. The van der Waals surface area contributed by atoms with Crippen molar-refractivity contribution in [1.29, 1.82) is 0 Å². The van der Waals surface area contributed by atoms with E-state index in [0.29, 0.717) is 12.3 Å². The lowest BCUT2D eigenvalue weighted by atomic mass is 9.89. The molecule has 0 saturated carbocycles. The third-order valence-corrected chi connectivity index (χ3v) is 6.93. The molecular formula is C27H34N2O2. The molecule has 0 unspecified atom stereocenters. The third kappa shape index (κ3) is 5.82. The summed E-state index contributed by atoms with van der Waals surface area (Å²) in [5.74, 6) is 0.984. The van der Waals surface area contributed by atoms with Crippen LogP contribution in [0.1, 0.15) is 66.1 Å². The molecule has 0 atom stereocenters. The number of rotatable bonds is 6. The van der Waals surface area contributed by atoms with E-state index < -0.39 is 0 Å². The normalized spacial score (nSPS) is 17.8. The topological polar surface area (TPSA) is 40.6 Å². The summed E-state index contributed by atoms with van der Waals surface area (Å²) in [5.41, 5.74) is 4.91. The van der Waals surface area contributed by atoms with E-state index in [0.717, 1.165) is 70.4 Å². The second kappa shape index (κ2) is 10.2. The number of carbonyl (C=O) groups is 2. The highest BCUT2D eigenvalue weighted by atomic mass is 16.2. The fraction of sp³-hybridized carbons (Fsp3) is 0.481. The van der Waals surface area contributed by atoms with E-state index in [9.17, 15) is 9.59 Å². The summed E-state index contributed by atoms with van der Waals surface area (Å²) < 4.78 is 0. The van der Waals surface area contributed by atoms with Crippen LogP contribution in [0, 0.1) is 5.92 Å². The molecule has 2 aromatic carbocycles. The van der Waals surface area contributed by atoms with Crippen molar-refractivity contribution in [2.45, 2.75) is 58.5 Å². The van der Waals surface area contributed by atoms with Crippen molar-refractivity contribution in [1.82, 2.24) is 9.80 Å². The predicted octanol–water partition coefficient (Wildman–Crippen LogP) is 4.86. The van der Waals surface area contributed by atoms with Gasteiger partial charge in [0, 0.05) is 45.1 Å². The van der Waals surface area contributed by atoms with Crippen LogP contribution in [0.25, 0.3) is 0 Å². The summed E-state index contributed by atoms with van der Waals surface area (Å²) in [6.07, 6.45) is 5.83. The maximum atomic E-state index is 12.9. The van der Waals surface area contributed by atoms with Gasteiger partial charge in [-0.3, -0.25) is 14.5 Å². The van der Waals surface area contributed by atoms with Crippen molar-refractivity contribution in [3.05, 3.63) is 70.8 Å². The molecule has 4 rings (SSSR count). The average molecular weight is 419 g/mol. The number of piperidine rings is 1. The highest BCUT2D eigenvalue weighted by Gasteiger charge is 2.22. The van der Waals surface area contributed by atoms with Crippen LogP contribution in [0.15, 0.2) is 48.5 Å². The number of Topliss-reactive ketones (excluding diaryl/α,β-unsaturated/α-hetero) is 1. The van der Waals surface area contributed by atoms with Gasteiger partial charge in [-0.1, -0.05) is 42.5 Å². The Balaban J connectivity index is 1.35. The van der Waals surface area contributed by atoms with Crippen LogP contribution in [0.2, 0.25) is 0 Å². The van der Waals surface area contributed by atoms with Crippen LogP contribution in [-0.2, 0) is 24.3 Å². The molecular weight excluding hydrogens is 384 g/mol. The first-order valence-electron chi connectivity index (χ1n) is 11.8. The summed E-state index contributed by atoms with van der Waals surface area (Å²) in [7, 11) is 0. The number of hydrogen-bond acceptors (Lipinski definition) is 3.